The molecule has 90 valence electrons. The summed E-state index contributed by atoms with van der Waals surface area (Å²) < 4.78 is 5.14. The maximum absolute atomic E-state index is 5.89. The zero-order valence-corrected chi connectivity index (χ0v) is 10.4. The van der Waals surface area contributed by atoms with Gasteiger partial charge in [0.25, 0.3) is 0 Å². The average molecular weight is 231 g/mol. The largest absolute Gasteiger partial charge is 0.337 e. The minimum absolute atomic E-state index is 0.472. The van der Waals surface area contributed by atoms with Crippen LogP contribution in [0.25, 0.3) is 0 Å². The Balaban J connectivity index is 2.14. The zero-order chi connectivity index (χ0) is 12.5. The maximum atomic E-state index is 5.89. The Kier molecular flexibility index (Phi) is 2.98. The van der Waals surface area contributed by atoms with Gasteiger partial charge in [-0.05, 0) is 26.3 Å². The van der Waals surface area contributed by atoms with Crippen LogP contribution in [0.5, 0.6) is 0 Å². The average Bonchev–Trinajstić information content (AvgIpc) is 2.69. The van der Waals surface area contributed by atoms with Gasteiger partial charge >= 0.3 is 0 Å². The first kappa shape index (κ1) is 11.8. The van der Waals surface area contributed by atoms with Crippen LogP contribution in [-0.2, 0) is 12.0 Å². The standard InChI is InChI=1S/C13H17N3O/c1-9-4-6-10(7-5-9)8-11-15-12(17-16-11)13(2,3)14/h4-7H,8,14H2,1-3H3. The molecule has 0 saturated heterocycles. The fourth-order valence-electron chi connectivity index (χ4n) is 1.48. The van der Waals surface area contributed by atoms with Gasteiger partial charge in [-0.25, -0.2) is 0 Å². The second-order valence-corrected chi connectivity index (χ2v) is 4.90. The van der Waals surface area contributed by atoms with E-state index in [1.165, 1.54) is 5.56 Å². The molecule has 0 aliphatic heterocycles. The first-order valence-electron chi connectivity index (χ1n) is 5.62. The second-order valence-electron chi connectivity index (χ2n) is 4.90. The summed E-state index contributed by atoms with van der Waals surface area (Å²) in [5.41, 5.74) is 7.71. The Morgan fingerprint density at radius 2 is 1.88 bits per heavy atom. The van der Waals surface area contributed by atoms with Crippen molar-refractivity contribution in [2.75, 3.05) is 0 Å². The van der Waals surface area contributed by atoms with E-state index < -0.39 is 5.54 Å². The Morgan fingerprint density at radius 3 is 2.41 bits per heavy atom. The molecule has 0 aliphatic rings. The molecule has 0 radical (unpaired) electrons. The first-order valence-corrected chi connectivity index (χ1v) is 5.62. The van der Waals surface area contributed by atoms with Crippen LogP contribution in [0.2, 0.25) is 0 Å². The van der Waals surface area contributed by atoms with Crippen LogP contribution in [0.4, 0.5) is 0 Å². The van der Waals surface area contributed by atoms with Crippen LogP contribution in [0, 0.1) is 6.92 Å². The molecule has 1 aromatic heterocycles. The molecule has 4 nitrogen and oxygen atoms in total. The van der Waals surface area contributed by atoms with Crippen LogP contribution in [0.3, 0.4) is 0 Å². The molecular formula is C13H17N3O. The monoisotopic (exact) mass is 231 g/mol. The van der Waals surface area contributed by atoms with Gasteiger partial charge in [0.05, 0.1) is 5.54 Å². The number of hydrogen-bond donors (Lipinski definition) is 1. The molecule has 2 aromatic rings. The van der Waals surface area contributed by atoms with Gasteiger partial charge in [0.1, 0.15) is 0 Å². The van der Waals surface area contributed by atoms with E-state index in [4.69, 9.17) is 10.3 Å². The van der Waals surface area contributed by atoms with E-state index in [2.05, 4.69) is 41.3 Å². The SMILES string of the molecule is Cc1ccc(Cc2noc(C(C)(C)N)n2)cc1. The van der Waals surface area contributed by atoms with Crippen LogP contribution in [0.15, 0.2) is 28.8 Å². The molecule has 0 atom stereocenters. The molecule has 17 heavy (non-hydrogen) atoms. The third-order valence-corrected chi connectivity index (χ3v) is 2.50. The Bertz CT molecular complexity index is 494. The fourth-order valence-corrected chi connectivity index (χ4v) is 1.48. The molecule has 4 heteroatoms. The predicted molar refractivity (Wildman–Crippen MR) is 65.5 cm³/mol. The van der Waals surface area contributed by atoms with Crippen molar-refractivity contribution in [1.29, 1.82) is 0 Å². The summed E-state index contributed by atoms with van der Waals surface area (Å²) in [6, 6.07) is 8.28. The highest BCUT2D eigenvalue weighted by molar-refractivity contribution is 5.23. The molecule has 0 amide bonds. The summed E-state index contributed by atoms with van der Waals surface area (Å²) >= 11 is 0. The summed E-state index contributed by atoms with van der Waals surface area (Å²) in [7, 11) is 0. The maximum Gasteiger partial charge on any atom is 0.246 e. The van der Waals surface area contributed by atoms with Gasteiger partial charge in [-0.15, -0.1) is 0 Å². The lowest BCUT2D eigenvalue weighted by atomic mass is 10.1. The second kappa shape index (κ2) is 4.30. The first-order chi connectivity index (χ1) is 7.95. The van der Waals surface area contributed by atoms with Crippen LogP contribution in [-0.4, -0.2) is 10.1 Å². The molecule has 1 heterocycles. The van der Waals surface area contributed by atoms with Crippen molar-refractivity contribution in [3.63, 3.8) is 0 Å². The van der Waals surface area contributed by atoms with Crippen molar-refractivity contribution in [2.45, 2.75) is 32.7 Å². The van der Waals surface area contributed by atoms with Crippen LogP contribution >= 0.6 is 0 Å². The van der Waals surface area contributed by atoms with Crippen LogP contribution < -0.4 is 5.73 Å². The summed E-state index contributed by atoms with van der Waals surface area (Å²) in [6.07, 6.45) is 0.667. The summed E-state index contributed by atoms with van der Waals surface area (Å²) in [6.45, 7) is 5.75. The number of benzene rings is 1. The Morgan fingerprint density at radius 1 is 1.24 bits per heavy atom. The molecule has 0 saturated carbocycles. The molecule has 1 aromatic carbocycles. The highest BCUT2D eigenvalue weighted by atomic mass is 16.5. The highest BCUT2D eigenvalue weighted by Crippen LogP contribution is 2.15. The minimum Gasteiger partial charge on any atom is -0.337 e. The molecule has 0 aliphatic carbocycles. The summed E-state index contributed by atoms with van der Waals surface area (Å²) in [4.78, 5) is 4.30. The number of hydrogen-bond acceptors (Lipinski definition) is 4. The van der Waals surface area contributed by atoms with Gasteiger partial charge in [0, 0.05) is 6.42 Å². The lowest BCUT2D eigenvalue weighted by Crippen LogP contribution is -2.29. The van der Waals surface area contributed by atoms with Gasteiger partial charge in [-0.3, -0.25) is 0 Å². The van der Waals surface area contributed by atoms with E-state index in [9.17, 15) is 0 Å². The molecular weight excluding hydrogens is 214 g/mol. The lowest BCUT2D eigenvalue weighted by molar-refractivity contribution is 0.310. The normalized spacial score (nSPS) is 11.8. The van der Waals surface area contributed by atoms with Crippen molar-refractivity contribution < 1.29 is 4.52 Å². The van der Waals surface area contributed by atoms with Crippen molar-refractivity contribution in [3.8, 4) is 0 Å². The predicted octanol–water partition coefficient (Wildman–Crippen LogP) is 2.16. The quantitative estimate of drug-likeness (QED) is 0.879. The van der Waals surface area contributed by atoms with E-state index in [1.807, 2.05) is 13.8 Å². The van der Waals surface area contributed by atoms with E-state index in [0.29, 0.717) is 18.1 Å². The molecule has 0 bridgehead atoms. The third-order valence-electron chi connectivity index (χ3n) is 2.50. The van der Waals surface area contributed by atoms with Crippen molar-refractivity contribution in [1.82, 2.24) is 10.1 Å². The van der Waals surface area contributed by atoms with E-state index >= 15 is 0 Å². The number of rotatable bonds is 3. The fraction of sp³-hybridized carbons (Fsp3) is 0.385. The third kappa shape index (κ3) is 2.91. The topological polar surface area (TPSA) is 64.9 Å². The Hall–Kier alpha value is -1.68. The number of aryl methyl sites for hydroxylation is 1. The Labute approximate surface area is 101 Å². The number of nitrogens with zero attached hydrogens (tertiary/aromatic N) is 2. The van der Waals surface area contributed by atoms with Crippen molar-refractivity contribution >= 4 is 0 Å². The molecule has 0 spiro atoms. The van der Waals surface area contributed by atoms with Gasteiger partial charge in [0.15, 0.2) is 5.82 Å². The minimum atomic E-state index is -0.585. The summed E-state index contributed by atoms with van der Waals surface area (Å²) in [5, 5.41) is 3.93. The van der Waals surface area contributed by atoms with E-state index in [1.54, 1.807) is 0 Å². The van der Waals surface area contributed by atoms with Gasteiger partial charge < -0.3 is 10.3 Å². The van der Waals surface area contributed by atoms with Gasteiger partial charge in [-0.1, -0.05) is 35.0 Å². The molecule has 0 unspecified atom stereocenters. The molecule has 2 rings (SSSR count). The number of aromatic nitrogens is 2. The molecule has 2 N–H and O–H groups in total. The van der Waals surface area contributed by atoms with E-state index in [0.717, 1.165) is 5.56 Å². The van der Waals surface area contributed by atoms with Crippen LogP contribution in [0.1, 0.15) is 36.7 Å². The van der Waals surface area contributed by atoms with Gasteiger partial charge in [-0.2, -0.15) is 4.98 Å². The summed E-state index contributed by atoms with van der Waals surface area (Å²) in [5.74, 6) is 1.14. The van der Waals surface area contributed by atoms with Crippen molar-refractivity contribution in [3.05, 3.63) is 47.1 Å². The zero-order valence-electron chi connectivity index (χ0n) is 10.4. The number of nitrogens with two attached hydrogens (primary N) is 1. The highest BCUT2D eigenvalue weighted by Gasteiger charge is 2.22. The van der Waals surface area contributed by atoms with Crippen molar-refractivity contribution in [2.24, 2.45) is 5.73 Å². The lowest BCUT2D eigenvalue weighted by Gasteiger charge is -2.10. The smallest absolute Gasteiger partial charge is 0.246 e. The molecule has 0 fully saturated rings. The van der Waals surface area contributed by atoms with E-state index in [-0.39, 0.29) is 0 Å². The van der Waals surface area contributed by atoms with Gasteiger partial charge in [0.2, 0.25) is 5.89 Å².